The number of hydrogen-bond acceptors (Lipinski definition) is 4. The summed E-state index contributed by atoms with van der Waals surface area (Å²) in [7, 11) is 0. The zero-order chi connectivity index (χ0) is 16.2. The van der Waals surface area contributed by atoms with Crippen molar-refractivity contribution in [3.63, 3.8) is 0 Å². The molecular formula is C17H27Cl2FN4O. The molecule has 2 N–H and O–H groups in total. The Morgan fingerprint density at radius 1 is 1.00 bits per heavy atom. The van der Waals surface area contributed by atoms with Crippen molar-refractivity contribution in [1.29, 1.82) is 0 Å². The van der Waals surface area contributed by atoms with Crippen LogP contribution in [0.15, 0.2) is 24.3 Å². The third-order valence-corrected chi connectivity index (χ3v) is 4.82. The summed E-state index contributed by atoms with van der Waals surface area (Å²) in [5, 5.41) is 0. The van der Waals surface area contributed by atoms with E-state index in [2.05, 4.69) is 9.80 Å². The predicted molar refractivity (Wildman–Crippen MR) is 103 cm³/mol. The Balaban J connectivity index is 0.00000156. The van der Waals surface area contributed by atoms with Crippen LogP contribution >= 0.6 is 24.8 Å². The summed E-state index contributed by atoms with van der Waals surface area (Å²) in [6.07, 6.45) is 1.96. The number of likely N-dealkylation sites (tertiary alicyclic amines) is 1. The van der Waals surface area contributed by atoms with Crippen LogP contribution in [-0.4, -0.2) is 67.6 Å². The van der Waals surface area contributed by atoms with Gasteiger partial charge in [-0.1, -0.05) is 0 Å². The number of carbonyl (C=O) groups excluding carboxylic acids is 1. The van der Waals surface area contributed by atoms with Crippen molar-refractivity contribution >= 4 is 36.4 Å². The molecule has 0 aromatic heterocycles. The smallest absolute Gasteiger partial charge is 0.236 e. The highest BCUT2D eigenvalue weighted by Gasteiger charge is 2.24. The summed E-state index contributed by atoms with van der Waals surface area (Å²) in [6, 6.07) is 6.84. The van der Waals surface area contributed by atoms with Crippen LogP contribution in [0.4, 0.5) is 10.1 Å². The van der Waals surface area contributed by atoms with Crippen LogP contribution in [0.5, 0.6) is 0 Å². The average Bonchev–Trinajstić information content (AvgIpc) is 2.58. The second-order valence-electron chi connectivity index (χ2n) is 6.46. The fraction of sp³-hybridized carbons (Fsp3) is 0.588. The Bertz CT molecular complexity index is 530. The molecule has 5 nitrogen and oxygen atoms in total. The highest BCUT2D eigenvalue weighted by molar-refractivity contribution is 5.85. The number of hydrogen-bond donors (Lipinski definition) is 1. The number of rotatable bonds is 3. The van der Waals surface area contributed by atoms with Gasteiger partial charge < -0.3 is 15.5 Å². The Kier molecular flexibility index (Phi) is 8.93. The predicted octanol–water partition coefficient (Wildman–Crippen LogP) is 1.74. The van der Waals surface area contributed by atoms with Crippen LogP contribution < -0.4 is 10.6 Å². The van der Waals surface area contributed by atoms with Gasteiger partial charge in [0.15, 0.2) is 0 Å². The van der Waals surface area contributed by atoms with Crippen molar-refractivity contribution in [3.8, 4) is 0 Å². The molecule has 25 heavy (non-hydrogen) atoms. The highest BCUT2D eigenvalue weighted by atomic mass is 35.5. The number of carbonyl (C=O) groups is 1. The summed E-state index contributed by atoms with van der Waals surface area (Å²) in [5.74, 6) is -0.0111. The van der Waals surface area contributed by atoms with E-state index in [4.69, 9.17) is 5.73 Å². The van der Waals surface area contributed by atoms with Gasteiger partial charge >= 0.3 is 0 Å². The summed E-state index contributed by atoms with van der Waals surface area (Å²) < 4.78 is 13.0. The average molecular weight is 393 g/mol. The number of halogens is 3. The SMILES string of the molecule is Cl.Cl.NC1CCN(CC(=O)N2CCN(c3ccc(F)cc3)CC2)CC1. The standard InChI is InChI=1S/C17H25FN4O.2ClH/c18-14-1-3-16(4-2-14)21-9-11-22(12-10-21)17(23)13-20-7-5-15(19)6-8-20;;/h1-4,15H,5-13,19H2;2*1H. The zero-order valence-electron chi connectivity index (χ0n) is 14.3. The second kappa shape index (κ2) is 10.2. The highest BCUT2D eigenvalue weighted by Crippen LogP contribution is 2.17. The van der Waals surface area contributed by atoms with Gasteiger partial charge in [-0.25, -0.2) is 4.39 Å². The first kappa shape index (κ1) is 22.0. The van der Waals surface area contributed by atoms with Crippen molar-refractivity contribution in [3.05, 3.63) is 30.1 Å². The summed E-state index contributed by atoms with van der Waals surface area (Å²) in [4.78, 5) is 18.8. The summed E-state index contributed by atoms with van der Waals surface area (Å²) in [5.41, 5.74) is 6.92. The molecule has 2 saturated heterocycles. The summed E-state index contributed by atoms with van der Waals surface area (Å²) >= 11 is 0. The van der Waals surface area contributed by atoms with E-state index >= 15 is 0 Å². The second-order valence-corrected chi connectivity index (χ2v) is 6.46. The van der Waals surface area contributed by atoms with Crippen molar-refractivity contribution < 1.29 is 9.18 Å². The Morgan fingerprint density at radius 2 is 1.56 bits per heavy atom. The first-order valence-corrected chi connectivity index (χ1v) is 8.38. The van der Waals surface area contributed by atoms with Gasteiger partial charge in [-0.15, -0.1) is 24.8 Å². The third kappa shape index (κ3) is 5.99. The fourth-order valence-electron chi connectivity index (χ4n) is 3.27. The van der Waals surface area contributed by atoms with Crippen LogP contribution in [0, 0.1) is 5.82 Å². The van der Waals surface area contributed by atoms with Crippen LogP contribution in [0.1, 0.15) is 12.8 Å². The van der Waals surface area contributed by atoms with Crippen LogP contribution in [0.3, 0.4) is 0 Å². The molecule has 1 amide bonds. The minimum atomic E-state index is -0.219. The molecule has 0 radical (unpaired) electrons. The molecule has 0 atom stereocenters. The normalized spacial score (nSPS) is 19.1. The molecule has 2 aliphatic heterocycles. The molecule has 2 heterocycles. The lowest BCUT2D eigenvalue weighted by molar-refractivity contribution is -0.133. The van der Waals surface area contributed by atoms with Crippen LogP contribution in [-0.2, 0) is 4.79 Å². The topological polar surface area (TPSA) is 52.8 Å². The molecule has 1 aromatic carbocycles. The molecule has 142 valence electrons. The summed E-state index contributed by atoms with van der Waals surface area (Å²) in [6.45, 7) is 5.38. The van der Waals surface area contributed by atoms with E-state index < -0.39 is 0 Å². The minimum absolute atomic E-state index is 0. The Labute approximate surface area is 161 Å². The van der Waals surface area contributed by atoms with E-state index in [1.54, 1.807) is 12.1 Å². The van der Waals surface area contributed by atoms with Crippen molar-refractivity contribution in [2.24, 2.45) is 5.73 Å². The van der Waals surface area contributed by atoms with E-state index in [-0.39, 0.29) is 36.5 Å². The molecule has 8 heteroatoms. The maximum atomic E-state index is 13.0. The lowest BCUT2D eigenvalue weighted by atomic mass is 10.1. The fourth-order valence-corrected chi connectivity index (χ4v) is 3.27. The lowest BCUT2D eigenvalue weighted by Crippen LogP contribution is -2.52. The van der Waals surface area contributed by atoms with Gasteiger partial charge in [-0.2, -0.15) is 0 Å². The molecule has 1 aromatic rings. The van der Waals surface area contributed by atoms with Gasteiger partial charge in [0.05, 0.1) is 6.54 Å². The van der Waals surface area contributed by atoms with Gasteiger partial charge in [0.2, 0.25) is 5.91 Å². The number of anilines is 1. The van der Waals surface area contributed by atoms with E-state index in [9.17, 15) is 9.18 Å². The molecule has 0 saturated carbocycles. The van der Waals surface area contributed by atoms with Crippen LogP contribution in [0.2, 0.25) is 0 Å². The molecule has 3 rings (SSSR count). The number of piperidine rings is 1. The van der Waals surface area contributed by atoms with Gasteiger partial charge in [-0.05, 0) is 37.1 Å². The van der Waals surface area contributed by atoms with Crippen LogP contribution in [0.25, 0.3) is 0 Å². The molecular weight excluding hydrogens is 366 g/mol. The number of amides is 1. The van der Waals surface area contributed by atoms with Crippen molar-refractivity contribution in [2.75, 3.05) is 50.7 Å². The number of nitrogens with zero attached hydrogens (tertiary/aromatic N) is 3. The molecule has 0 unspecified atom stereocenters. The van der Waals surface area contributed by atoms with Gasteiger partial charge in [0, 0.05) is 51.0 Å². The maximum Gasteiger partial charge on any atom is 0.236 e. The van der Waals surface area contributed by atoms with Gasteiger partial charge in [-0.3, -0.25) is 9.69 Å². The van der Waals surface area contributed by atoms with Gasteiger partial charge in [0.25, 0.3) is 0 Å². The van der Waals surface area contributed by atoms with E-state index in [1.165, 1.54) is 12.1 Å². The quantitative estimate of drug-likeness (QED) is 0.850. The zero-order valence-corrected chi connectivity index (χ0v) is 15.9. The van der Waals surface area contributed by atoms with E-state index in [0.717, 1.165) is 57.8 Å². The first-order valence-electron chi connectivity index (χ1n) is 8.38. The maximum absolute atomic E-state index is 13.0. The number of benzene rings is 1. The lowest BCUT2D eigenvalue weighted by Gasteiger charge is -2.37. The molecule has 0 bridgehead atoms. The van der Waals surface area contributed by atoms with Gasteiger partial charge in [0.1, 0.15) is 5.82 Å². The Morgan fingerprint density at radius 3 is 2.12 bits per heavy atom. The minimum Gasteiger partial charge on any atom is -0.368 e. The Hall–Kier alpha value is -1.08. The number of piperazine rings is 1. The van der Waals surface area contributed by atoms with Crippen molar-refractivity contribution in [1.82, 2.24) is 9.80 Å². The molecule has 2 fully saturated rings. The monoisotopic (exact) mass is 392 g/mol. The first-order chi connectivity index (χ1) is 11.1. The molecule has 2 aliphatic rings. The largest absolute Gasteiger partial charge is 0.368 e. The third-order valence-electron chi connectivity index (χ3n) is 4.82. The molecule has 0 spiro atoms. The molecule has 0 aliphatic carbocycles. The van der Waals surface area contributed by atoms with Crippen molar-refractivity contribution in [2.45, 2.75) is 18.9 Å². The van der Waals surface area contributed by atoms with E-state index in [0.29, 0.717) is 12.6 Å². The van der Waals surface area contributed by atoms with E-state index in [1.807, 2.05) is 4.90 Å². The number of nitrogens with two attached hydrogens (primary N) is 1.